The van der Waals surface area contributed by atoms with E-state index in [0.717, 1.165) is 16.0 Å². The lowest BCUT2D eigenvalue weighted by atomic mass is 10.3. The smallest absolute Gasteiger partial charge is 0.270 e. The largest absolute Gasteiger partial charge is 0.399 e. The first-order chi connectivity index (χ1) is 5.25. The van der Waals surface area contributed by atoms with Crippen LogP contribution < -0.4 is 5.73 Å². The van der Waals surface area contributed by atoms with Crippen LogP contribution in [0.3, 0.4) is 0 Å². The van der Waals surface area contributed by atoms with Crippen LogP contribution in [0.25, 0.3) is 10.2 Å². The molecule has 0 aliphatic heterocycles. The van der Waals surface area contributed by atoms with E-state index in [-0.39, 0.29) is 0 Å². The highest BCUT2D eigenvalue weighted by Gasteiger charge is 2.01. The molecule has 1 aromatic heterocycles. The van der Waals surface area contributed by atoms with Gasteiger partial charge in [-0.3, -0.25) is 0 Å². The molecule has 0 saturated carbocycles. The summed E-state index contributed by atoms with van der Waals surface area (Å²) < 4.78 is 13.3. The third kappa shape index (κ3) is 1.05. The molecule has 2 N–H and O–H groups in total. The van der Waals surface area contributed by atoms with Crippen molar-refractivity contribution in [1.29, 1.82) is 0 Å². The average molecular weight is 168 g/mol. The molecule has 4 heteroatoms. The average Bonchev–Trinajstić information content (AvgIpc) is 2.27. The van der Waals surface area contributed by atoms with Gasteiger partial charge in [0.15, 0.2) is 0 Å². The van der Waals surface area contributed by atoms with Crippen LogP contribution in [0.5, 0.6) is 0 Å². The van der Waals surface area contributed by atoms with Crippen molar-refractivity contribution in [3.05, 3.63) is 23.5 Å². The second-order valence-electron chi connectivity index (χ2n) is 2.19. The van der Waals surface area contributed by atoms with Crippen molar-refractivity contribution in [3.63, 3.8) is 0 Å². The Balaban J connectivity index is 2.82. The van der Waals surface area contributed by atoms with Gasteiger partial charge in [-0.15, -0.1) is 0 Å². The summed E-state index contributed by atoms with van der Waals surface area (Å²) in [5, 5.41) is -0.411. The fourth-order valence-corrected chi connectivity index (χ4v) is 1.65. The van der Waals surface area contributed by atoms with E-state index >= 15 is 0 Å². The Labute approximate surface area is 66.5 Å². The summed E-state index contributed by atoms with van der Waals surface area (Å²) in [6.07, 6.45) is 0. The van der Waals surface area contributed by atoms with Gasteiger partial charge in [0.2, 0.25) is 0 Å². The van der Waals surface area contributed by atoms with Gasteiger partial charge in [0.05, 0.1) is 10.2 Å². The van der Waals surface area contributed by atoms with Gasteiger partial charge < -0.3 is 5.73 Å². The third-order valence-electron chi connectivity index (χ3n) is 1.39. The molecule has 0 radical (unpaired) electrons. The van der Waals surface area contributed by atoms with E-state index < -0.39 is 5.26 Å². The molecular formula is C7H5FN2S. The van der Waals surface area contributed by atoms with E-state index in [2.05, 4.69) is 4.98 Å². The summed E-state index contributed by atoms with van der Waals surface area (Å²) in [7, 11) is 0. The summed E-state index contributed by atoms with van der Waals surface area (Å²) in [5.74, 6) is 0. The van der Waals surface area contributed by atoms with Crippen LogP contribution in [-0.4, -0.2) is 4.98 Å². The minimum absolute atomic E-state index is 0.411. The Morgan fingerprint density at radius 3 is 3.09 bits per heavy atom. The van der Waals surface area contributed by atoms with Crippen LogP contribution in [0, 0.1) is 5.26 Å². The number of anilines is 1. The van der Waals surface area contributed by atoms with Crippen molar-refractivity contribution in [2.24, 2.45) is 0 Å². The maximum absolute atomic E-state index is 12.5. The Bertz CT molecular complexity index is 396. The molecule has 0 spiro atoms. The molecule has 0 amide bonds. The Kier molecular flexibility index (Phi) is 1.29. The second kappa shape index (κ2) is 2.17. The third-order valence-corrected chi connectivity index (χ3v) is 2.19. The molecular weight excluding hydrogens is 163 g/mol. The summed E-state index contributed by atoms with van der Waals surface area (Å²) in [6, 6.07) is 5.14. The lowest BCUT2D eigenvalue weighted by Crippen LogP contribution is -1.81. The molecule has 0 unspecified atom stereocenters. The van der Waals surface area contributed by atoms with Crippen LogP contribution in [-0.2, 0) is 0 Å². The van der Waals surface area contributed by atoms with E-state index in [4.69, 9.17) is 5.73 Å². The van der Waals surface area contributed by atoms with Crippen molar-refractivity contribution in [2.45, 2.75) is 0 Å². The van der Waals surface area contributed by atoms with Crippen molar-refractivity contribution < 1.29 is 4.39 Å². The molecule has 0 atom stereocenters. The van der Waals surface area contributed by atoms with Crippen molar-refractivity contribution in [1.82, 2.24) is 4.98 Å². The molecule has 11 heavy (non-hydrogen) atoms. The van der Waals surface area contributed by atoms with E-state index in [1.807, 2.05) is 0 Å². The fourth-order valence-electron chi connectivity index (χ4n) is 0.913. The fraction of sp³-hybridized carbons (Fsp3) is 0. The highest BCUT2D eigenvalue weighted by atomic mass is 32.1. The number of rotatable bonds is 0. The molecule has 56 valence electrons. The van der Waals surface area contributed by atoms with Crippen LogP contribution in [0.4, 0.5) is 10.1 Å². The number of hydrogen-bond donors (Lipinski definition) is 1. The Hall–Kier alpha value is -1.16. The van der Waals surface area contributed by atoms with Crippen LogP contribution in [0.2, 0.25) is 0 Å². The quantitative estimate of drug-likeness (QED) is 0.611. The minimum atomic E-state index is -0.411. The molecule has 2 nitrogen and oxygen atoms in total. The van der Waals surface area contributed by atoms with Crippen LogP contribution in [0.15, 0.2) is 18.2 Å². The zero-order chi connectivity index (χ0) is 7.84. The first-order valence-corrected chi connectivity index (χ1v) is 3.89. The van der Waals surface area contributed by atoms with Crippen molar-refractivity contribution in [2.75, 3.05) is 5.73 Å². The molecule has 0 fully saturated rings. The molecule has 0 saturated heterocycles. The van der Waals surface area contributed by atoms with Gasteiger partial charge in [0, 0.05) is 5.69 Å². The zero-order valence-electron chi connectivity index (χ0n) is 5.54. The molecule has 0 aliphatic carbocycles. The number of nitrogens with two attached hydrogens (primary N) is 1. The number of benzene rings is 1. The molecule has 1 aromatic carbocycles. The lowest BCUT2D eigenvalue weighted by Gasteiger charge is -1.88. The minimum Gasteiger partial charge on any atom is -0.399 e. The number of thiazole rings is 1. The number of halogens is 1. The SMILES string of the molecule is Nc1ccc2nc(F)sc2c1. The number of nitrogens with zero attached hydrogens (tertiary/aromatic N) is 1. The predicted octanol–water partition coefficient (Wildman–Crippen LogP) is 2.02. The monoisotopic (exact) mass is 168 g/mol. The van der Waals surface area contributed by atoms with E-state index in [9.17, 15) is 4.39 Å². The number of fused-ring (bicyclic) bond motifs is 1. The second-order valence-corrected chi connectivity index (χ2v) is 3.17. The molecule has 2 rings (SSSR count). The van der Waals surface area contributed by atoms with E-state index in [1.54, 1.807) is 18.2 Å². The number of hydrogen-bond acceptors (Lipinski definition) is 3. The topological polar surface area (TPSA) is 38.9 Å². The number of nitrogen functional groups attached to an aromatic ring is 1. The zero-order valence-corrected chi connectivity index (χ0v) is 6.36. The van der Waals surface area contributed by atoms with E-state index in [1.165, 1.54) is 0 Å². The molecule has 0 bridgehead atoms. The summed E-state index contributed by atoms with van der Waals surface area (Å²) in [4.78, 5) is 3.65. The highest BCUT2D eigenvalue weighted by Crippen LogP contribution is 2.22. The van der Waals surface area contributed by atoms with Gasteiger partial charge in [0.25, 0.3) is 5.26 Å². The Morgan fingerprint density at radius 2 is 2.27 bits per heavy atom. The standard InChI is InChI=1S/C7H5FN2S/c8-7-10-5-2-1-4(9)3-6(5)11-7/h1-3H,9H2. The summed E-state index contributed by atoms with van der Waals surface area (Å²) >= 11 is 1.01. The summed E-state index contributed by atoms with van der Waals surface area (Å²) in [6.45, 7) is 0. The van der Waals surface area contributed by atoms with Crippen molar-refractivity contribution >= 4 is 27.2 Å². The normalized spacial score (nSPS) is 10.6. The summed E-state index contributed by atoms with van der Waals surface area (Å²) in [5.41, 5.74) is 6.80. The van der Waals surface area contributed by atoms with Gasteiger partial charge in [-0.2, -0.15) is 4.39 Å². The van der Waals surface area contributed by atoms with Gasteiger partial charge in [-0.25, -0.2) is 4.98 Å². The Morgan fingerprint density at radius 1 is 1.45 bits per heavy atom. The lowest BCUT2D eigenvalue weighted by molar-refractivity contribution is 0.620. The first-order valence-electron chi connectivity index (χ1n) is 3.07. The van der Waals surface area contributed by atoms with Gasteiger partial charge in [-0.05, 0) is 18.2 Å². The maximum atomic E-state index is 12.5. The van der Waals surface area contributed by atoms with Crippen molar-refractivity contribution in [3.8, 4) is 0 Å². The van der Waals surface area contributed by atoms with Gasteiger partial charge in [-0.1, -0.05) is 11.3 Å². The van der Waals surface area contributed by atoms with Gasteiger partial charge >= 0.3 is 0 Å². The molecule has 2 aromatic rings. The maximum Gasteiger partial charge on any atom is 0.270 e. The predicted molar refractivity (Wildman–Crippen MR) is 44.0 cm³/mol. The molecule has 1 heterocycles. The van der Waals surface area contributed by atoms with Crippen LogP contribution in [0.1, 0.15) is 0 Å². The van der Waals surface area contributed by atoms with Crippen LogP contribution >= 0.6 is 11.3 Å². The molecule has 0 aliphatic rings. The number of aromatic nitrogens is 1. The first kappa shape index (κ1) is 6.54. The van der Waals surface area contributed by atoms with E-state index in [0.29, 0.717) is 11.2 Å². The van der Waals surface area contributed by atoms with Gasteiger partial charge in [0.1, 0.15) is 0 Å². The highest BCUT2D eigenvalue weighted by molar-refractivity contribution is 7.17.